The Labute approximate surface area is 319 Å². The molecule has 11 nitrogen and oxygen atoms in total. The summed E-state index contributed by atoms with van der Waals surface area (Å²) in [6.07, 6.45) is 0.881. The first-order valence-electron chi connectivity index (χ1n) is 15.9. The minimum Gasteiger partial charge on any atom is -0.487 e. The van der Waals surface area contributed by atoms with E-state index in [-0.39, 0.29) is 83.6 Å². The number of benzene rings is 3. The third-order valence-corrected chi connectivity index (χ3v) is 11.9. The molecule has 3 N–H and O–H groups in total. The number of nitrogens with zero attached hydrogens (tertiary/aromatic N) is 4. The third kappa shape index (κ3) is 8.06. The summed E-state index contributed by atoms with van der Waals surface area (Å²) in [5.41, 5.74) is 9.39. The number of hydrogen-bond donors (Lipinski definition) is 2. The number of piperazine rings is 1. The molecule has 16 heteroatoms. The number of nitrogens with one attached hydrogen (secondary N) is 1. The standard InChI is InChI=1S/C35H36Cl2N6O5S.2ClH/c1-21-19-22(2)40-32-25(21)5-3-7-29(32)48-20-26-27(36)12-13-30(31(26)37)49(46,47)43-14-4-6-28(43)35(45)42-17-15-41(16-18-42)34(44)24-10-8-23(9-11-24)33(38)39;;/h3,5,7-13,19,28H,4,6,14-18,20H2,1-2H3,(H3,38,39);2*1H/t28-;;/m0../s1. The van der Waals surface area contributed by atoms with Crippen LogP contribution in [0.4, 0.5) is 0 Å². The highest BCUT2D eigenvalue weighted by Gasteiger charge is 2.43. The molecule has 0 spiro atoms. The molecule has 6 rings (SSSR count). The zero-order valence-corrected chi connectivity index (χ0v) is 31.9. The highest BCUT2D eigenvalue weighted by atomic mass is 35.5. The number of para-hydroxylation sites is 1. The maximum atomic E-state index is 14.1. The number of pyridine rings is 1. The second kappa shape index (κ2) is 16.4. The van der Waals surface area contributed by atoms with Crippen molar-refractivity contribution in [1.29, 1.82) is 5.41 Å². The number of aromatic nitrogens is 1. The molecule has 1 atom stereocenters. The van der Waals surface area contributed by atoms with Gasteiger partial charge in [-0.2, -0.15) is 4.31 Å². The number of aryl methyl sites for hydroxylation is 2. The molecule has 2 aliphatic rings. The van der Waals surface area contributed by atoms with Gasteiger partial charge in [-0.05, 0) is 68.7 Å². The average Bonchev–Trinajstić information content (AvgIpc) is 3.59. The molecule has 2 amide bonds. The molecule has 1 aromatic heterocycles. The van der Waals surface area contributed by atoms with Crippen molar-refractivity contribution in [2.75, 3.05) is 32.7 Å². The number of ether oxygens (including phenoxy) is 1. The van der Waals surface area contributed by atoms with Crippen molar-refractivity contribution in [2.24, 2.45) is 5.73 Å². The van der Waals surface area contributed by atoms with Crippen molar-refractivity contribution in [3.8, 4) is 5.75 Å². The summed E-state index contributed by atoms with van der Waals surface area (Å²) in [5.74, 6) is -0.0581. The molecule has 0 bridgehead atoms. The monoisotopic (exact) mass is 794 g/mol. The Bertz CT molecular complexity index is 2080. The van der Waals surface area contributed by atoms with Crippen LogP contribution in [-0.2, 0) is 21.4 Å². The molecule has 2 aliphatic heterocycles. The van der Waals surface area contributed by atoms with E-state index in [2.05, 4.69) is 4.98 Å². The van der Waals surface area contributed by atoms with E-state index in [4.69, 9.17) is 39.1 Å². The molecule has 0 aliphatic carbocycles. The number of halogens is 4. The van der Waals surface area contributed by atoms with Crippen LogP contribution >= 0.6 is 48.0 Å². The van der Waals surface area contributed by atoms with Crippen molar-refractivity contribution < 1.29 is 22.7 Å². The van der Waals surface area contributed by atoms with Crippen LogP contribution in [0.3, 0.4) is 0 Å². The fourth-order valence-electron chi connectivity index (χ4n) is 6.45. The average molecular weight is 797 g/mol. The minimum absolute atomic E-state index is 0. The molecule has 4 aromatic rings. The minimum atomic E-state index is -4.20. The smallest absolute Gasteiger partial charge is 0.253 e. The van der Waals surface area contributed by atoms with Gasteiger partial charge in [0.15, 0.2) is 0 Å². The van der Waals surface area contributed by atoms with Crippen molar-refractivity contribution >= 4 is 86.6 Å². The first-order valence-corrected chi connectivity index (χ1v) is 18.1. The number of nitrogen functional groups attached to an aromatic ring is 1. The summed E-state index contributed by atoms with van der Waals surface area (Å²) in [4.78, 5) is 34.6. The van der Waals surface area contributed by atoms with Gasteiger partial charge in [0.25, 0.3) is 5.91 Å². The van der Waals surface area contributed by atoms with E-state index < -0.39 is 16.1 Å². The van der Waals surface area contributed by atoms with E-state index in [0.29, 0.717) is 53.9 Å². The second-order valence-electron chi connectivity index (χ2n) is 12.2. The molecule has 2 fully saturated rings. The van der Waals surface area contributed by atoms with Gasteiger partial charge < -0.3 is 20.3 Å². The van der Waals surface area contributed by atoms with Crippen LogP contribution in [0.15, 0.2) is 65.6 Å². The number of amidine groups is 1. The van der Waals surface area contributed by atoms with Crippen LogP contribution in [0.1, 0.15) is 45.6 Å². The lowest BCUT2D eigenvalue weighted by Crippen LogP contribution is -2.55. The van der Waals surface area contributed by atoms with Gasteiger partial charge in [0.1, 0.15) is 34.6 Å². The number of hydrogen-bond acceptors (Lipinski definition) is 7. The molecule has 3 aromatic carbocycles. The second-order valence-corrected chi connectivity index (χ2v) is 14.9. The lowest BCUT2D eigenvalue weighted by Gasteiger charge is -2.37. The predicted octanol–water partition coefficient (Wildman–Crippen LogP) is 6.00. The van der Waals surface area contributed by atoms with Gasteiger partial charge in [-0.25, -0.2) is 13.4 Å². The van der Waals surface area contributed by atoms with Gasteiger partial charge >= 0.3 is 0 Å². The van der Waals surface area contributed by atoms with E-state index in [0.717, 1.165) is 16.6 Å². The Kier molecular flexibility index (Phi) is 12.9. The number of nitrogens with two attached hydrogens (primary N) is 1. The van der Waals surface area contributed by atoms with Crippen molar-refractivity contribution in [1.82, 2.24) is 19.1 Å². The number of carbonyl (C=O) groups is 2. The number of rotatable bonds is 8. The number of amides is 2. The number of sulfonamides is 1. The summed E-state index contributed by atoms with van der Waals surface area (Å²) in [7, 11) is -4.20. The summed E-state index contributed by atoms with van der Waals surface area (Å²) in [6.45, 7) is 5.12. The highest BCUT2D eigenvalue weighted by Crippen LogP contribution is 2.37. The Balaban J connectivity index is 0.00000292. The fourth-order valence-corrected chi connectivity index (χ4v) is 8.96. The molecule has 51 heavy (non-hydrogen) atoms. The van der Waals surface area contributed by atoms with E-state index in [9.17, 15) is 18.0 Å². The number of fused-ring (bicyclic) bond motifs is 1. The normalized spacial score (nSPS) is 16.4. The topological polar surface area (TPSA) is 150 Å². The maximum absolute atomic E-state index is 14.1. The zero-order valence-electron chi connectivity index (χ0n) is 27.9. The first kappa shape index (κ1) is 40.1. The van der Waals surface area contributed by atoms with Crippen LogP contribution in [0.25, 0.3) is 10.9 Å². The molecular formula is C35H38Cl4N6O5S. The van der Waals surface area contributed by atoms with Crippen molar-refractivity contribution in [3.05, 3.63) is 98.7 Å². The third-order valence-electron chi connectivity index (χ3n) is 9.06. The molecule has 2 saturated heterocycles. The fraction of sp³-hybridized carbons (Fsp3) is 0.314. The molecule has 0 radical (unpaired) electrons. The van der Waals surface area contributed by atoms with Crippen LogP contribution < -0.4 is 10.5 Å². The van der Waals surface area contributed by atoms with Gasteiger partial charge in [-0.15, -0.1) is 24.8 Å². The van der Waals surface area contributed by atoms with E-state index in [1.165, 1.54) is 16.4 Å². The van der Waals surface area contributed by atoms with Gasteiger partial charge in [0.2, 0.25) is 15.9 Å². The Morgan fingerprint density at radius 1 is 0.941 bits per heavy atom. The quantitative estimate of drug-likeness (QED) is 0.164. The summed E-state index contributed by atoms with van der Waals surface area (Å²) in [5, 5.41) is 8.67. The van der Waals surface area contributed by atoms with Crippen LogP contribution in [-0.4, -0.2) is 83.9 Å². The Hall–Kier alpha value is -3.65. The van der Waals surface area contributed by atoms with E-state index in [1.807, 2.05) is 32.0 Å². The van der Waals surface area contributed by atoms with Crippen molar-refractivity contribution in [2.45, 2.75) is 44.2 Å². The van der Waals surface area contributed by atoms with Crippen LogP contribution in [0.2, 0.25) is 10.0 Å². The first-order chi connectivity index (χ1) is 23.4. The van der Waals surface area contributed by atoms with Gasteiger partial charge in [0.05, 0.1) is 5.02 Å². The Morgan fingerprint density at radius 2 is 1.59 bits per heavy atom. The highest BCUT2D eigenvalue weighted by molar-refractivity contribution is 7.89. The van der Waals surface area contributed by atoms with Crippen LogP contribution in [0, 0.1) is 19.3 Å². The predicted molar refractivity (Wildman–Crippen MR) is 203 cm³/mol. The van der Waals surface area contributed by atoms with Gasteiger partial charge in [-0.1, -0.05) is 47.5 Å². The molecule has 0 unspecified atom stereocenters. The molecule has 0 saturated carbocycles. The maximum Gasteiger partial charge on any atom is 0.253 e. The lowest BCUT2D eigenvalue weighted by atomic mass is 10.1. The number of carbonyl (C=O) groups excluding carboxylic acids is 2. The summed E-state index contributed by atoms with van der Waals surface area (Å²) < 4.78 is 35.6. The summed E-state index contributed by atoms with van der Waals surface area (Å²) in [6, 6.07) is 16.0. The molecule has 272 valence electrons. The summed E-state index contributed by atoms with van der Waals surface area (Å²) >= 11 is 13.3. The molecular weight excluding hydrogens is 758 g/mol. The van der Waals surface area contributed by atoms with Gasteiger partial charge in [0, 0.05) is 65.5 Å². The zero-order chi connectivity index (χ0) is 35.0. The SMILES string of the molecule is Cc1cc(C)c2cccc(OCc3c(Cl)ccc(S(=O)(=O)N4CCC[C@H]4C(=O)N4CCN(C(=O)c5ccc(C(=N)N)cc5)CC4)c3Cl)c2n1.Cl.Cl. The largest absolute Gasteiger partial charge is 0.487 e. The van der Waals surface area contributed by atoms with E-state index in [1.54, 1.807) is 40.1 Å². The lowest BCUT2D eigenvalue weighted by molar-refractivity contribution is -0.136. The Morgan fingerprint density at radius 3 is 2.25 bits per heavy atom. The van der Waals surface area contributed by atoms with E-state index >= 15 is 0 Å². The van der Waals surface area contributed by atoms with Crippen molar-refractivity contribution in [3.63, 3.8) is 0 Å². The molecule has 3 heterocycles. The van der Waals surface area contributed by atoms with Crippen LogP contribution in [0.5, 0.6) is 5.75 Å². The van der Waals surface area contributed by atoms with Gasteiger partial charge in [-0.3, -0.25) is 15.0 Å².